The second kappa shape index (κ2) is 5.18. The fraction of sp³-hybridized carbons (Fsp3) is 0.294. The Labute approximate surface area is 104 Å². The molecule has 0 saturated carbocycles. The molecule has 0 aliphatic carbocycles. The molecule has 2 rings (SSSR count). The van der Waals surface area contributed by atoms with Crippen LogP contribution in [0.5, 0.6) is 0 Å². The second-order valence-corrected chi connectivity index (χ2v) is 5.04. The van der Waals surface area contributed by atoms with E-state index in [9.17, 15) is 0 Å². The number of benzene rings is 2. The lowest BCUT2D eigenvalue weighted by atomic mass is 9.82. The third kappa shape index (κ3) is 2.76. The lowest BCUT2D eigenvalue weighted by Crippen LogP contribution is -2.08. The molecule has 0 unspecified atom stereocenters. The molecule has 1 atom stereocenters. The predicted octanol–water partition coefficient (Wildman–Crippen LogP) is 4.78. The average Bonchev–Trinajstić information content (AvgIpc) is 2.33. The van der Waals surface area contributed by atoms with E-state index >= 15 is 0 Å². The van der Waals surface area contributed by atoms with Gasteiger partial charge in [-0.15, -0.1) is 0 Å². The van der Waals surface area contributed by atoms with E-state index in [-0.39, 0.29) is 0 Å². The molecule has 0 aliphatic heterocycles. The van der Waals surface area contributed by atoms with E-state index in [4.69, 9.17) is 0 Å². The molecule has 17 heavy (non-hydrogen) atoms. The first-order chi connectivity index (χ1) is 8.18. The van der Waals surface area contributed by atoms with Crippen molar-refractivity contribution in [1.82, 2.24) is 0 Å². The highest BCUT2D eigenvalue weighted by Crippen LogP contribution is 2.31. The smallest absolute Gasteiger partial charge is 0.0112 e. The van der Waals surface area contributed by atoms with Crippen molar-refractivity contribution in [3.05, 3.63) is 71.3 Å². The molecule has 0 aliphatic rings. The summed E-state index contributed by atoms with van der Waals surface area (Å²) in [4.78, 5) is 0. The first kappa shape index (κ1) is 11.9. The van der Waals surface area contributed by atoms with Gasteiger partial charge < -0.3 is 0 Å². The quantitative estimate of drug-likeness (QED) is 0.703. The first-order valence-electron chi connectivity index (χ1n) is 6.30. The Bertz CT molecular complexity index is 451. The van der Waals surface area contributed by atoms with Crippen molar-refractivity contribution in [3.63, 3.8) is 0 Å². The lowest BCUT2D eigenvalue weighted by Gasteiger charge is -2.22. The SMILES string of the molecule is Cc1ccc([C@@H](c2ccccc2)C(C)C)cc1. The van der Waals surface area contributed by atoms with Gasteiger partial charge in [-0.2, -0.15) is 0 Å². The Morgan fingerprint density at radius 3 is 1.76 bits per heavy atom. The van der Waals surface area contributed by atoms with E-state index in [1.54, 1.807) is 0 Å². The van der Waals surface area contributed by atoms with Gasteiger partial charge in [0, 0.05) is 5.92 Å². The maximum Gasteiger partial charge on any atom is 0.0112 e. The molecule has 0 amide bonds. The van der Waals surface area contributed by atoms with Crippen molar-refractivity contribution in [3.8, 4) is 0 Å². The second-order valence-electron chi connectivity index (χ2n) is 5.04. The average molecular weight is 224 g/mol. The van der Waals surface area contributed by atoms with Gasteiger partial charge in [-0.1, -0.05) is 74.0 Å². The molecule has 88 valence electrons. The maximum atomic E-state index is 2.29. The van der Waals surface area contributed by atoms with Crippen LogP contribution < -0.4 is 0 Å². The molecule has 2 aromatic rings. The van der Waals surface area contributed by atoms with Crippen molar-refractivity contribution < 1.29 is 0 Å². The van der Waals surface area contributed by atoms with E-state index in [0.29, 0.717) is 11.8 Å². The first-order valence-corrected chi connectivity index (χ1v) is 6.30. The van der Waals surface area contributed by atoms with Crippen molar-refractivity contribution in [1.29, 1.82) is 0 Å². The van der Waals surface area contributed by atoms with Gasteiger partial charge in [0.25, 0.3) is 0 Å². The summed E-state index contributed by atoms with van der Waals surface area (Å²) in [5.74, 6) is 1.11. The molecule has 0 heterocycles. The Morgan fingerprint density at radius 2 is 1.24 bits per heavy atom. The van der Waals surface area contributed by atoms with E-state index in [0.717, 1.165) is 0 Å². The third-order valence-electron chi connectivity index (χ3n) is 3.26. The minimum absolute atomic E-state index is 0.497. The summed E-state index contributed by atoms with van der Waals surface area (Å²) in [6.07, 6.45) is 0. The number of aryl methyl sites for hydroxylation is 1. The van der Waals surface area contributed by atoms with Crippen LogP contribution in [0.1, 0.15) is 36.5 Å². The van der Waals surface area contributed by atoms with Crippen molar-refractivity contribution in [2.45, 2.75) is 26.7 Å². The largest absolute Gasteiger partial charge is 0.0622 e. The van der Waals surface area contributed by atoms with Crippen LogP contribution in [0.4, 0.5) is 0 Å². The highest BCUT2D eigenvalue weighted by atomic mass is 14.2. The van der Waals surface area contributed by atoms with Crippen LogP contribution >= 0.6 is 0 Å². The molecule has 0 bridgehead atoms. The van der Waals surface area contributed by atoms with Gasteiger partial charge in [-0.05, 0) is 24.0 Å². The monoisotopic (exact) mass is 224 g/mol. The van der Waals surface area contributed by atoms with Gasteiger partial charge >= 0.3 is 0 Å². The molecule has 0 fully saturated rings. The summed E-state index contributed by atoms with van der Waals surface area (Å²) in [6, 6.07) is 19.7. The van der Waals surface area contributed by atoms with Crippen LogP contribution in [0.25, 0.3) is 0 Å². The van der Waals surface area contributed by atoms with E-state index in [1.807, 2.05) is 0 Å². The molecule has 0 saturated heterocycles. The summed E-state index contributed by atoms with van der Waals surface area (Å²) in [5, 5.41) is 0. The van der Waals surface area contributed by atoms with E-state index in [2.05, 4.69) is 75.4 Å². The van der Waals surface area contributed by atoms with E-state index < -0.39 is 0 Å². The number of hydrogen-bond donors (Lipinski definition) is 0. The van der Waals surface area contributed by atoms with Crippen LogP contribution in [0, 0.1) is 12.8 Å². The fourth-order valence-corrected chi connectivity index (χ4v) is 2.40. The number of hydrogen-bond acceptors (Lipinski definition) is 0. The maximum absolute atomic E-state index is 2.29. The summed E-state index contributed by atoms with van der Waals surface area (Å²) < 4.78 is 0. The molecule has 0 nitrogen and oxygen atoms in total. The van der Waals surface area contributed by atoms with Crippen LogP contribution in [0.2, 0.25) is 0 Å². The van der Waals surface area contributed by atoms with Gasteiger partial charge in [0.15, 0.2) is 0 Å². The highest BCUT2D eigenvalue weighted by molar-refractivity contribution is 5.34. The number of rotatable bonds is 3. The fourth-order valence-electron chi connectivity index (χ4n) is 2.40. The van der Waals surface area contributed by atoms with Gasteiger partial charge in [-0.25, -0.2) is 0 Å². The van der Waals surface area contributed by atoms with Crippen molar-refractivity contribution in [2.24, 2.45) is 5.92 Å². The molecule has 0 N–H and O–H groups in total. The normalized spacial score (nSPS) is 12.7. The molecular formula is C17H20. The minimum Gasteiger partial charge on any atom is -0.0622 e. The van der Waals surface area contributed by atoms with Gasteiger partial charge in [0.1, 0.15) is 0 Å². The minimum atomic E-state index is 0.497. The Kier molecular flexibility index (Phi) is 3.63. The standard InChI is InChI=1S/C17H20/c1-13(2)17(15-7-5-4-6-8-15)16-11-9-14(3)10-12-16/h4-13,17H,1-3H3/t17-/m1/s1. The Morgan fingerprint density at radius 1 is 0.706 bits per heavy atom. The molecule has 0 aromatic heterocycles. The Hall–Kier alpha value is -1.56. The van der Waals surface area contributed by atoms with Crippen LogP contribution in [-0.4, -0.2) is 0 Å². The van der Waals surface area contributed by atoms with Gasteiger partial charge in [0.2, 0.25) is 0 Å². The zero-order valence-electron chi connectivity index (χ0n) is 10.9. The summed E-state index contributed by atoms with van der Waals surface area (Å²) >= 11 is 0. The topological polar surface area (TPSA) is 0 Å². The van der Waals surface area contributed by atoms with Crippen LogP contribution in [0.15, 0.2) is 54.6 Å². The van der Waals surface area contributed by atoms with Gasteiger partial charge in [-0.3, -0.25) is 0 Å². The van der Waals surface area contributed by atoms with E-state index in [1.165, 1.54) is 16.7 Å². The van der Waals surface area contributed by atoms with Crippen LogP contribution in [-0.2, 0) is 0 Å². The molecule has 0 spiro atoms. The molecule has 0 heteroatoms. The summed E-state index contributed by atoms with van der Waals surface area (Å²) in [5.41, 5.74) is 4.15. The van der Waals surface area contributed by atoms with Crippen molar-refractivity contribution >= 4 is 0 Å². The molecule has 2 aromatic carbocycles. The predicted molar refractivity (Wildman–Crippen MR) is 74.3 cm³/mol. The summed E-state index contributed by atoms with van der Waals surface area (Å²) in [7, 11) is 0. The van der Waals surface area contributed by atoms with Crippen molar-refractivity contribution in [2.75, 3.05) is 0 Å². The molecular weight excluding hydrogens is 204 g/mol. The Balaban J connectivity index is 2.39. The summed E-state index contributed by atoms with van der Waals surface area (Å²) in [6.45, 7) is 6.71. The molecule has 0 radical (unpaired) electrons. The highest BCUT2D eigenvalue weighted by Gasteiger charge is 2.17. The zero-order valence-corrected chi connectivity index (χ0v) is 10.9. The van der Waals surface area contributed by atoms with Gasteiger partial charge in [0.05, 0.1) is 0 Å². The third-order valence-corrected chi connectivity index (χ3v) is 3.26. The zero-order chi connectivity index (χ0) is 12.3. The van der Waals surface area contributed by atoms with Crippen LogP contribution in [0.3, 0.4) is 0 Å². The lowest BCUT2D eigenvalue weighted by molar-refractivity contribution is 0.564.